The molecule has 164 valence electrons. The summed E-state index contributed by atoms with van der Waals surface area (Å²) in [5.74, 6) is -2.61. The second-order valence-electron chi connectivity index (χ2n) is 6.88. The summed E-state index contributed by atoms with van der Waals surface area (Å²) >= 11 is 0. The number of aliphatic hydroxyl groups is 3. The highest BCUT2D eigenvalue weighted by atomic mass is 16.5. The molecule has 7 N–H and O–H groups in total. The lowest BCUT2D eigenvalue weighted by Gasteiger charge is -2.40. The third-order valence-corrected chi connectivity index (χ3v) is 4.44. The van der Waals surface area contributed by atoms with Crippen LogP contribution in [0.15, 0.2) is 36.1 Å². The van der Waals surface area contributed by atoms with Crippen LogP contribution in [0.3, 0.4) is 0 Å². The Hall–Kier alpha value is -3.15. The van der Waals surface area contributed by atoms with E-state index in [1.807, 2.05) is 6.92 Å². The molecule has 0 saturated heterocycles. The van der Waals surface area contributed by atoms with Gasteiger partial charge in [0.15, 0.2) is 0 Å². The van der Waals surface area contributed by atoms with Crippen molar-refractivity contribution in [1.82, 2.24) is 10.6 Å². The molecule has 0 aliphatic carbocycles. The molecule has 1 aromatic rings. The van der Waals surface area contributed by atoms with Crippen molar-refractivity contribution < 1.29 is 39.5 Å². The van der Waals surface area contributed by atoms with Crippen LogP contribution < -0.4 is 16.0 Å². The topological polar surface area (TPSA) is 177 Å². The maximum atomic E-state index is 12.4. The van der Waals surface area contributed by atoms with Crippen molar-refractivity contribution in [2.75, 3.05) is 11.9 Å². The van der Waals surface area contributed by atoms with Gasteiger partial charge in [0.2, 0.25) is 11.7 Å². The highest BCUT2D eigenvalue weighted by molar-refractivity contribution is 5.90. The zero-order valence-electron chi connectivity index (χ0n) is 16.4. The lowest BCUT2D eigenvalue weighted by molar-refractivity contribution is -0.146. The number of urea groups is 1. The van der Waals surface area contributed by atoms with E-state index < -0.39 is 60.7 Å². The van der Waals surface area contributed by atoms with E-state index in [0.29, 0.717) is 5.69 Å². The van der Waals surface area contributed by atoms with Gasteiger partial charge in [0.25, 0.3) is 0 Å². The number of nitrogens with one attached hydrogen (secondary N) is 3. The lowest BCUT2D eigenvalue weighted by atomic mass is 9.92. The van der Waals surface area contributed by atoms with Crippen molar-refractivity contribution in [1.29, 1.82) is 0 Å². The molecule has 0 spiro atoms. The minimum absolute atomic E-state index is 0.482. The van der Waals surface area contributed by atoms with Crippen molar-refractivity contribution in [3.63, 3.8) is 0 Å². The predicted octanol–water partition coefficient (Wildman–Crippen LogP) is -0.929. The van der Waals surface area contributed by atoms with Crippen LogP contribution in [0.25, 0.3) is 0 Å². The Balaban J connectivity index is 2.29. The molecule has 0 unspecified atom stereocenters. The molecule has 1 aliphatic rings. The van der Waals surface area contributed by atoms with Crippen molar-refractivity contribution in [3.8, 4) is 0 Å². The molecule has 11 heteroatoms. The van der Waals surface area contributed by atoms with Gasteiger partial charge in [0.1, 0.15) is 18.3 Å². The van der Waals surface area contributed by atoms with E-state index in [1.165, 1.54) is 6.92 Å². The highest BCUT2D eigenvalue weighted by Crippen LogP contribution is 2.23. The number of aryl methyl sites for hydroxylation is 1. The zero-order chi connectivity index (χ0) is 22.4. The number of hydrogen-bond donors (Lipinski definition) is 7. The molecule has 30 heavy (non-hydrogen) atoms. The number of carboxylic acids is 1. The second-order valence-corrected chi connectivity index (χ2v) is 6.88. The third kappa shape index (κ3) is 5.92. The fourth-order valence-corrected chi connectivity index (χ4v) is 2.95. The summed E-state index contributed by atoms with van der Waals surface area (Å²) in [6.07, 6.45) is -3.80. The van der Waals surface area contributed by atoms with Gasteiger partial charge in [-0.15, -0.1) is 0 Å². The van der Waals surface area contributed by atoms with Crippen molar-refractivity contribution in [3.05, 3.63) is 41.7 Å². The number of benzene rings is 1. The number of rotatable bonds is 7. The van der Waals surface area contributed by atoms with Crippen LogP contribution in [-0.2, 0) is 14.3 Å². The molecule has 3 amide bonds. The Morgan fingerprint density at radius 2 is 1.77 bits per heavy atom. The first kappa shape index (κ1) is 23.1. The maximum absolute atomic E-state index is 12.4. The van der Waals surface area contributed by atoms with Crippen LogP contribution in [0.5, 0.6) is 0 Å². The second kappa shape index (κ2) is 10.1. The molecule has 0 aromatic heterocycles. The molecule has 0 saturated carbocycles. The van der Waals surface area contributed by atoms with E-state index in [4.69, 9.17) is 9.84 Å². The fraction of sp³-hybridized carbons (Fsp3) is 0.421. The normalized spacial score (nSPS) is 22.7. The Morgan fingerprint density at radius 1 is 1.13 bits per heavy atom. The van der Waals surface area contributed by atoms with Gasteiger partial charge in [-0.05, 0) is 25.1 Å². The Bertz CT molecular complexity index is 811. The summed E-state index contributed by atoms with van der Waals surface area (Å²) in [5, 5.41) is 46.1. The number of aliphatic carboxylic acids is 1. The molecular formula is C19H25N3O8. The van der Waals surface area contributed by atoms with Crippen LogP contribution in [0, 0.1) is 6.92 Å². The average Bonchev–Trinajstić information content (AvgIpc) is 2.69. The van der Waals surface area contributed by atoms with Gasteiger partial charge in [0.05, 0.1) is 18.7 Å². The first-order chi connectivity index (χ1) is 14.1. The number of carboxylic acid groups (broad SMARTS) is 1. The number of aliphatic hydroxyl groups excluding tert-OH is 3. The van der Waals surface area contributed by atoms with Gasteiger partial charge in [-0.2, -0.15) is 0 Å². The van der Waals surface area contributed by atoms with Crippen LogP contribution in [0.1, 0.15) is 12.5 Å². The van der Waals surface area contributed by atoms with E-state index in [-0.39, 0.29) is 0 Å². The minimum Gasteiger partial charge on any atom is -0.478 e. The number of amides is 3. The number of hydrogen-bond acceptors (Lipinski definition) is 7. The van der Waals surface area contributed by atoms with Crippen LogP contribution in [0.4, 0.5) is 10.5 Å². The predicted molar refractivity (Wildman–Crippen MR) is 104 cm³/mol. The van der Waals surface area contributed by atoms with E-state index in [1.54, 1.807) is 24.3 Å². The monoisotopic (exact) mass is 423 g/mol. The van der Waals surface area contributed by atoms with E-state index >= 15 is 0 Å². The standard InChI is InChI=1S/C19H25N3O8/c1-9-3-5-11(6-4-9)21-19(29)22-12-7-14(18(27)28)30-17(15(12)20-10(2)24)16(26)13(25)8-23/h3-7,12-13,15-17,23,25-26H,8H2,1-2H3,(H,20,24)(H,27,28)(H2,21,22,29)/t12-,13+,15+,16+,17+/m0/s1. The summed E-state index contributed by atoms with van der Waals surface area (Å²) in [7, 11) is 0. The summed E-state index contributed by atoms with van der Waals surface area (Å²) in [6.45, 7) is 2.24. The molecule has 2 rings (SSSR count). The summed E-state index contributed by atoms with van der Waals surface area (Å²) in [6, 6.07) is 3.98. The smallest absolute Gasteiger partial charge is 0.370 e. The molecule has 0 fully saturated rings. The van der Waals surface area contributed by atoms with Gasteiger partial charge >= 0.3 is 12.0 Å². The molecule has 1 aliphatic heterocycles. The Morgan fingerprint density at radius 3 is 2.30 bits per heavy atom. The number of anilines is 1. The molecule has 1 aromatic carbocycles. The average molecular weight is 423 g/mol. The van der Waals surface area contributed by atoms with Gasteiger partial charge in [-0.25, -0.2) is 9.59 Å². The molecule has 11 nitrogen and oxygen atoms in total. The van der Waals surface area contributed by atoms with Crippen LogP contribution in [0.2, 0.25) is 0 Å². The first-order valence-electron chi connectivity index (χ1n) is 9.12. The number of ether oxygens (including phenoxy) is 1. The fourth-order valence-electron chi connectivity index (χ4n) is 2.95. The summed E-state index contributed by atoms with van der Waals surface area (Å²) in [4.78, 5) is 35.5. The van der Waals surface area contributed by atoms with E-state index in [0.717, 1.165) is 11.6 Å². The molecule has 0 radical (unpaired) electrons. The molecule has 0 bridgehead atoms. The van der Waals surface area contributed by atoms with E-state index in [9.17, 15) is 29.7 Å². The minimum atomic E-state index is -1.75. The van der Waals surface area contributed by atoms with Crippen LogP contribution >= 0.6 is 0 Å². The van der Waals surface area contributed by atoms with Crippen molar-refractivity contribution in [2.45, 2.75) is 44.2 Å². The SMILES string of the molecule is CC(=O)N[C@H]1[C@H]([C@H](O)[C@H](O)CO)OC(C(=O)O)=C[C@@H]1NC(=O)Nc1ccc(C)cc1. The molecule has 5 atom stereocenters. The summed E-state index contributed by atoms with van der Waals surface area (Å²) < 4.78 is 5.24. The Kier molecular flexibility index (Phi) is 7.75. The van der Waals surface area contributed by atoms with Crippen LogP contribution in [-0.4, -0.2) is 75.3 Å². The zero-order valence-corrected chi connectivity index (χ0v) is 16.4. The van der Waals surface area contributed by atoms with Gasteiger partial charge in [0, 0.05) is 12.6 Å². The van der Waals surface area contributed by atoms with E-state index in [2.05, 4.69) is 16.0 Å². The summed E-state index contributed by atoms with van der Waals surface area (Å²) in [5.41, 5.74) is 1.47. The largest absolute Gasteiger partial charge is 0.478 e. The first-order valence-corrected chi connectivity index (χ1v) is 9.12. The number of carbonyl (C=O) groups is 3. The van der Waals surface area contributed by atoms with Gasteiger partial charge in [-0.1, -0.05) is 17.7 Å². The third-order valence-electron chi connectivity index (χ3n) is 4.44. The van der Waals surface area contributed by atoms with Crippen molar-refractivity contribution in [2.24, 2.45) is 0 Å². The lowest BCUT2D eigenvalue weighted by Crippen LogP contribution is -2.63. The molecule has 1 heterocycles. The highest BCUT2D eigenvalue weighted by Gasteiger charge is 2.44. The van der Waals surface area contributed by atoms with Gasteiger partial charge in [-0.3, -0.25) is 4.79 Å². The Labute approximate surface area is 172 Å². The number of carbonyl (C=O) groups excluding carboxylic acids is 2. The van der Waals surface area contributed by atoms with Gasteiger partial charge < -0.3 is 41.1 Å². The maximum Gasteiger partial charge on any atom is 0.370 e. The molecular weight excluding hydrogens is 398 g/mol. The van der Waals surface area contributed by atoms with Crippen molar-refractivity contribution >= 4 is 23.6 Å². The quantitative estimate of drug-likeness (QED) is 0.294.